The summed E-state index contributed by atoms with van der Waals surface area (Å²) in [6.07, 6.45) is 0. The molecule has 0 fully saturated rings. The predicted molar refractivity (Wildman–Crippen MR) is 61.2 cm³/mol. The first-order chi connectivity index (χ1) is 8.22. The van der Waals surface area contributed by atoms with Gasteiger partial charge >= 0.3 is 0 Å². The third-order valence-corrected chi connectivity index (χ3v) is 2.47. The molecule has 0 saturated heterocycles. The van der Waals surface area contributed by atoms with E-state index in [0.717, 1.165) is 12.1 Å². The zero-order chi connectivity index (χ0) is 12.3. The molecule has 1 N–H and O–H groups in total. The molecule has 2 aromatic rings. The van der Waals surface area contributed by atoms with Gasteiger partial charge in [0.05, 0.1) is 12.2 Å². The van der Waals surface area contributed by atoms with Crippen LogP contribution in [0.5, 0.6) is 0 Å². The molecule has 0 aliphatic carbocycles. The van der Waals surface area contributed by atoms with Crippen LogP contribution in [0.3, 0.4) is 0 Å². The summed E-state index contributed by atoms with van der Waals surface area (Å²) in [5, 5.41) is 14.6. The first kappa shape index (κ1) is 11.7. The Kier molecular flexibility index (Phi) is 3.43. The van der Waals surface area contributed by atoms with Gasteiger partial charge in [0.2, 0.25) is 0 Å². The average Bonchev–Trinajstić information content (AvgIpc) is 2.77. The third kappa shape index (κ3) is 2.47. The van der Waals surface area contributed by atoms with Gasteiger partial charge in [0.1, 0.15) is 5.82 Å². The molecule has 0 aliphatic rings. The molecule has 0 saturated carbocycles. The van der Waals surface area contributed by atoms with Crippen molar-refractivity contribution in [1.29, 1.82) is 0 Å². The summed E-state index contributed by atoms with van der Waals surface area (Å²) in [6, 6.07) is 4.57. The fraction of sp³-hybridized carbons (Fsp3) is 0.364. The van der Waals surface area contributed by atoms with E-state index >= 15 is 0 Å². The molecule has 1 aromatic heterocycles. The molecule has 5 nitrogen and oxygen atoms in total. The smallest absolute Gasteiger partial charge is 0.170 e. The van der Waals surface area contributed by atoms with Crippen LogP contribution in [0, 0.1) is 12.7 Å². The van der Waals surface area contributed by atoms with E-state index < -0.39 is 0 Å². The molecule has 0 unspecified atom stereocenters. The lowest BCUT2D eigenvalue weighted by atomic mass is 10.2. The van der Waals surface area contributed by atoms with Gasteiger partial charge in [0.25, 0.3) is 0 Å². The zero-order valence-electron chi connectivity index (χ0n) is 9.81. The summed E-state index contributed by atoms with van der Waals surface area (Å²) in [5.74, 6) is 0.371. The molecule has 0 radical (unpaired) electrons. The van der Waals surface area contributed by atoms with Crippen molar-refractivity contribution in [2.45, 2.75) is 20.4 Å². The average molecular weight is 235 g/mol. The number of aryl methyl sites for hydroxylation is 1. The number of nitrogens with one attached hydrogen (secondary N) is 1. The molecular formula is C11H14FN5. The summed E-state index contributed by atoms with van der Waals surface area (Å²) >= 11 is 0. The number of halogens is 1. The maximum absolute atomic E-state index is 13.2. The summed E-state index contributed by atoms with van der Waals surface area (Å²) in [4.78, 5) is 0. The normalized spacial score (nSPS) is 10.8. The van der Waals surface area contributed by atoms with Crippen LogP contribution in [0.2, 0.25) is 0 Å². The molecular weight excluding hydrogens is 221 g/mol. The number of hydrogen-bond acceptors (Lipinski definition) is 4. The molecule has 90 valence electrons. The van der Waals surface area contributed by atoms with Crippen LogP contribution < -0.4 is 5.32 Å². The lowest BCUT2D eigenvalue weighted by Gasteiger charge is -2.07. The molecule has 0 spiro atoms. The second-order valence-corrected chi connectivity index (χ2v) is 3.72. The van der Waals surface area contributed by atoms with E-state index in [2.05, 4.69) is 20.8 Å². The second-order valence-electron chi connectivity index (χ2n) is 3.72. The highest BCUT2D eigenvalue weighted by molar-refractivity contribution is 5.40. The van der Waals surface area contributed by atoms with E-state index in [-0.39, 0.29) is 5.82 Å². The van der Waals surface area contributed by atoms with Crippen molar-refractivity contribution in [2.75, 3.05) is 6.54 Å². The van der Waals surface area contributed by atoms with Crippen LogP contribution in [0.1, 0.15) is 18.3 Å². The number of tetrazole rings is 1. The van der Waals surface area contributed by atoms with Crippen molar-refractivity contribution in [2.24, 2.45) is 0 Å². The van der Waals surface area contributed by atoms with Crippen LogP contribution in [-0.4, -0.2) is 26.8 Å². The number of aromatic nitrogens is 4. The first-order valence-electron chi connectivity index (χ1n) is 5.47. The van der Waals surface area contributed by atoms with Gasteiger partial charge in [-0.1, -0.05) is 13.0 Å². The largest absolute Gasteiger partial charge is 0.310 e. The van der Waals surface area contributed by atoms with E-state index in [1.54, 1.807) is 10.7 Å². The van der Waals surface area contributed by atoms with E-state index in [4.69, 9.17) is 0 Å². The second kappa shape index (κ2) is 5.01. The van der Waals surface area contributed by atoms with Gasteiger partial charge < -0.3 is 5.32 Å². The number of nitrogens with zero attached hydrogens (tertiary/aromatic N) is 4. The quantitative estimate of drug-likeness (QED) is 0.865. The molecule has 6 heteroatoms. The highest BCUT2D eigenvalue weighted by atomic mass is 19.1. The van der Waals surface area contributed by atoms with Crippen LogP contribution in [-0.2, 0) is 6.54 Å². The van der Waals surface area contributed by atoms with E-state index in [9.17, 15) is 4.39 Å². The summed E-state index contributed by atoms with van der Waals surface area (Å²) in [5.41, 5.74) is 1.60. The number of hydrogen-bond donors (Lipinski definition) is 1. The minimum atomic E-state index is -0.296. The molecule has 0 atom stereocenters. The Morgan fingerprint density at radius 3 is 3.00 bits per heavy atom. The van der Waals surface area contributed by atoms with Crippen LogP contribution >= 0.6 is 0 Å². The molecule has 0 aliphatic heterocycles. The Balaban J connectivity index is 2.38. The van der Waals surface area contributed by atoms with Gasteiger partial charge in [-0.3, -0.25) is 0 Å². The molecule has 1 heterocycles. The van der Waals surface area contributed by atoms with Gasteiger partial charge in [-0.25, -0.2) is 4.39 Å². The van der Waals surface area contributed by atoms with Crippen molar-refractivity contribution in [3.8, 4) is 5.69 Å². The molecule has 1 aromatic carbocycles. The Labute approximate surface area is 98.6 Å². The van der Waals surface area contributed by atoms with Gasteiger partial charge in [0, 0.05) is 0 Å². The zero-order valence-corrected chi connectivity index (χ0v) is 9.81. The van der Waals surface area contributed by atoms with Crippen molar-refractivity contribution in [1.82, 2.24) is 25.5 Å². The summed E-state index contributed by atoms with van der Waals surface area (Å²) in [6.45, 7) is 5.28. The summed E-state index contributed by atoms with van der Waals surface area (Å²) in [7, 11) is 0. The van der Waals surface area contributed by atoms with E-state index in [1.807, 2.05) is 13.8 Å². The van der Waals surface area contributed by atoms with Gasteiger partial charge in [0.15, 0.2) is 5.82 Å². The fourth-order valence-corrected chi connectivity index (χ4v) is 1.55. The highest BCUT2D eigenvalue weighted by Gasteiger charge is 2.10. The van der Waals surface area contributed by atoms with Crippen molar-refractivity contribution < 1.29 is 4.39 Å². The van der Waals surface area contributed by atoms with Crippen LogP contribution in [0.15, 0.2) is 18.2 Å². The summed E-state index contributed by atoms with van der Waals surface area (Å²) < 4.78 is 14.8. The maximum Gasteiger partial charge on any atom is 0.170 e. The van der Waals surface area contributed by atoms with E-state index in [0.29, 0.717) is 18.1 Å². The van der Waals surface area contributed by atoms with Gasteiger partial charge in [-0.05, 0) is 41.6 Å². The SMILES string of the molecule is CCNCc1nnnn1-c1cc(F)ccc1C. The number of rotatable bonds is 4. The monoisotopic (exact) mass is 235 g/mol. The van der Waals surface area contributed by atoms with E-state index in [1.165, 1.54) is 12.1 Å². The minimum absolute atomic E-state index is 0.296. The molecule has 0 bridgehead atoms. The van der Waals surface area contributed by atoms with Gasteiger partial charge in [-0.2, -0.15) is 4.68 Å². The molecule has 0 amide bonds. The topological polar surface area (TPSA) is 55.6 Å². The number of benzene rings is 1. The standard InChI is InChI=1S/C11H14FN5/c1-3-13-7-11-14-15-16-17(11)10-6-9(12)5-4-8(10)2/h4-6,13H,3,7H2,1-2H3. The Bertz CT molecular complexity index is 508. The lowest BCUT2D eigenvalue weighted by molar-refractivity contribution is 0.620. The van der Waals surface area contributed by atoms with Crippen LogP contribution in [0.25, 0.3) is 5.69 Å². The van der Waals surface area contributed by atoms with Crippen LogP contribution in [0.4, 0.5) is 4.39 Å². The minimum Gasteiger partial charge on any atom is -0.310 e. The first-order valence-corrected chi connectivity index (χ1v) is 5.47. The lowest BCUT2D eigenvalue weighted by Crippen LogP contribution is -2.16. The highest BCUT2D eigenvalue weighted by Crippen LogP contribution is 2.15. The fourth-order valence-electron chi connectivity index (χ4n) is 1.55. The Hall–Kier alpha value is -1.82. The molecule has 2 rings (SSSR count). The predicted octanol–water partition coefficient (Wildman–Crippen LogP) is 1.22. The van der Waals surface area contributed by atoms with Crippen molar-refractivity contribution in [3.63, 3.8) is 0 Å². The van der Waals surface area contributed by atoms with Gasteiger partial charge in [-0.15, -0.1) is 5.10 Å². The van der Waals surface area contributed by atoms with Crippen molar-refractivity contribution >= 4 is 0 Å². The maximum atomic E-state index is 13.2. The Morgan fingerprint density at radius 2 is 2.24 bits per heavy atom. The molecule has 17 heavy (non-hydrogen) atoms. The van der Waals surface area contributed by atoms with Crippen molar-refractivity contribution in [3.05, 3.63) is 35.4 Å². The Morgan fingerprint density at radius 1 is 1.41 bits per heavy atom. The third-order valence-electron chi connectivity index (χ3n) is 2.47.